The molecule has 2 N–H and O–H groups in total. The number of aromatic nitrogens is 2. The Morgan fingerprint density at radius 2 is 1.64 bits per heavy atom. The molecule has 0 bridgehead atoms. The van der Waals surface area contributed by atoms with Crippen molar-refractivity contribution in [2.75, 3.05) is 10.7 Å². The number of amides is 1. The number of nitrogens with one attached hydrogen (secondary N) is 2. The van der Waals surface area contributed by atoms with Crippen LogP contribution in [0.3, 0.4) is 0 Å². The number of nitrogens with zero attached hydrogens (tertiary/aromatic N) is 5. The predicted octanol–water partition coefficient (Wildman–Crippen LogP) is 3.58. The fraction of sp³-hybridized carbons (Fsp3) is 0.0526. The van der Waals surface area contributed by atoms with Crippen LogP contribution in [0.5, 0.6) is 0 Å². The fourth-order valence-electron chi connectivity index (χ4n) is 2.14. The molecule has 1 heterocycles. The molecule has 3 aromatic rings. The molecular formula is C19H13N7OS. The van der Waals surface area contributed by atoms with Gasteiger partial charge in [-0.05, 0) is 43.3 Å². The van der Waals surface area contributed by atoms with Crippen molar-refractivity contribution in [1.82, 2.24) is 10.2 Å². The van der Waals surface area contributed by atoms with Gasteiger partial charge in [0.1, 0.15) is 17.1 Å². The molecule has 3 rings (SSSR count). The number of hydrazone groups is 1. The quantitative estimate of drug-likeness (QED) is 0.509. The van der Waals surface area contributed by atoms with E-state index in [2.05, 4.69) is 26.0 Å². The zero-order chi connectivity index (χ0) is 19.9. The van der Waals surface area contributed by atoms with Crippen LogP contribution in [0.2, 0.25) is 0 Å². The topological polar surface area (TPSA) is 127 Å². The fourth-order valence-corrected chi connectivity index (χ4v) is 2.88. The van der Waals surface area contributed by atoms with Crippen molar-refractivity contribution in [3.05, 3.63) is 59.1 Å². The molecule has 28 heavy (non-hydrogen) atoms. The molecule has 0 radical (unpaired) electrons. The highest BCUT2D eigenvalue weighted by atomic mass is 32.1. The maximum atomic E-state index is 12.3. The third kappa shape index (κ3) is 4.55. The number of rotatable bonds is 5. The predicted molar refractivity (Wildman–Crippen MR) is 107 cm³/mol. The molecule has 0 aliphatic rings. The summed E-state index contributed by atoms with van der Waals surface area (Å²) in [6.45, 7) is 1.97. The Morgan fingerprint density at radius 1 is 1.00 bits per heavy atom. The van der Waals surface area contributed by atoms with Crippen molar-refractivity contribution in [2.45, 2.75) is 6.92 Å². The van der Waals surface area contributed by atoms with Gasteiger partial charge in [0, 0.05) is 11.3 Å². The minimum Gasteiger partial charge on any atom is -0.320 e. The number of hydrogen-bond acceptors (Lipinski definition) is 8. The molecule has 0 saturated carbocycles. The molecule has 0 spiro atoms. The van der Waals surface area contributed by atoms with Gasteiger partial charge < -0.3 is 5.32 Å². The summed E-state index contributed by atoms with van der Waals surface area (Å²) < 4.78 is 0. The third-order valence-electron chi connectivity index (χ3n) is 3.57. The lowest BCUT2D eigenvalue weighted by molar-refractivity contribution is 0.102. The first-order chi connectivity index (χ1) is 13.6. The van der Waals surface area contributed by atoms with E-state index in [1.54, 1.807) is 36.4 Å². The van der Waals surface area contributed by atoms with E-state index in [1.807, 2.05) is 31.2 Å². The standard InChI is InChI=1S/C19H13N7OS/c1-12-2-6-14(7-3-12)22-17(27)19-26-25-18(28-19)13-4-8-15(9-5-13)23-24-16(10-20)11-21/h2-9,23H,1H3,(H,22,27). The van der Waals surface area contributed by atoms with Crippen LogP contribution in [0, 0.1) is 29.6 Å². The molecule has 9 heteroatoms. The van der Waals surface area contributed by atoms with E-state index in [4.69, 9.17) is 10.5 Å². The summed E-state index contributed by atoms with van der Waals surface area (Å²) in [4.78, 5) is 12.3. The number of anilines is 2. The van der Waals surface area contributed by atoms with Crippen LogP contribution < -0.4 is 10.7 Å². The number of nitriles is 2. The van der Waals surface area contributed by atoms with Gasteiger partial charge in [0.05, 0.1) is 5.69 Å². The largest absolute Gasteiger partial charge is 0.320 e. The highest BCUT2D eigenvalue weighted by Crippen LogP contribution is 2.25. The van der Waals surface area contributed by atoms with Crippen LogP contribution >= 0.6 is 11.3 Å². The van der Waals surface area contributed by atoms with Crippen molar-refractivity contribution in [2.24, 2.45) is 5.10 Å². The minimum absolute atomic E-state index is 0.259. The Labute approximate surface area is 164 Å². The van der Waals surface area contributed by atoms with Gasteiger partial charge in [-0.15, -0.1) is 10.2 Å². The Kier molecular flexibility index (Phi) is 5.70. The number of carbonyl (C=O) groups excluding carboxylic acids is 1. The monoisotopic (exact) mass is 387 g/mol. The lowest BCUT2D eigenvalue weighted by atomic mass is 10.2. The molecule has 0 aliphatic heterocycles. The van der Waals surface area contributed by atoms with E-state index in [0.29, 0.717) is 16.4 Å². The molecule has 8 nitrogen and oxygen atoms in total. The number of hydrogen-bond donors (Lipinski definition) is 2. The first kappa shape index (κ1) is 18.7. The summed E-state index contributed by atoms with van der Waals surface area (Å²) in [5.74, 6) is -0.319. The maximum absolute atomic E-state index is 12.3. The van der Waals surface area contributed by atoms with Gasteiger partial charge in [-0.25, -0.2) is 0 Å². The molecule has 1 amide bonds. The second kappa shape index (κ2) is 8.54. The second-order valence-corrected chi connectivity index (χ2v) is 6.58. The van der Waals surface area contributed by atoms with Crippen molar-refractivity contribution < 1.29 is 4.79 Å². The number of carbonyl (C=O) groups is 1. The van der Waals surface area contributed by atoms with E-state index in [-0.39, 0.29) is 16.6 Å². The zero-order valence-corrected chi connectivity index (χ0v) is 15.5. The van der Waals surface area contributed by atoms with Gasteiger partial charge in [0.15, 0.2) is 0 Å². The highest BCUT2D eigenvalue weighted by molar-refractivity contribution is 7.16. The number of aryl methyl sites for hydroxylation is 1. The third-order valence-corrected chi connectivity index (χ3v) is 4.54. The molecule has 0 unspecified atom stereocenters. The van der Waals surface area contributed by atoms with Crippen molar-refractivity contribution in [3.63, 3.8) is 0 Å². The van der Waals surface area contributed by atoms with Crippen LogP contribution in [0.1, 0.15) is 15.4 Å². The Morgan fingerprint density at radius 3 is 2.29 bits per heavy atom. The van der Waals surface area contributed by atoms with Gasteiger partial charge >= 0.3 is 0 Å². The molecule has 0 saturated heterocycles. The molecule has 0 fully saturated rings. The van der Waals surface area contributed by atoms with E-state index in [0.717, 1.165) is 11.1 Å². The van der Waals surface area contributed by atoms with Crippen LogP contribution in [0.15, 0.2) is 53.6 Å². The Balaban J connectivity index is 1.69. The lowest BCUT2D eigenvalue weighted by Crippen LogP contribution is -2.11. The Hall–Kier alpha value is -4.08. The average molecular weight is 387 g/mol. The van der Waals surface area contributed by atoms with Crippen LogP contribution in [-0.2, 0) is 0 Å². The summed E-state index contributed by atoms with van der Waals surface area (Å²) in [6, 6.07) is 17.8. The summed E-state index contributed by atoms with van der Waals surface area (Å²) >= 11 is 1.18. The first-order valence-corrected chi connectivity index (χ1v) is 8.86. The molecular weight excluding hydrogens is 374 g/mol. The van der Waals surface area contributed by atoms with Crippen molar-refractivity contribution >= 4 is 34.3 Å². The van der Waals surface area contributed by atoms with E-state index >= 15 is 0 Å². The summed E-state index contributed by atoms with van der Waals surface area (Å²) in [5, 5.41) is 32.7. The van der Waals surface area contributed by atoms with Crippen molar-refractivity contribution in [1.29, 1.82) is 10.5 Å². The molecule has 1 aromatic heterocycles. The van der Waals surface area contributed by atoms with Crippen LogP contribution in [0.4, 0.5) is 11.4 Å². The first-order valence-electron chi connectivity index (χ1n) is 8.05. The SMILES string of the molecule is Cc1ccc(NC(=O)c2nnc(-c3ccc(NN=C(C#N)C#N)cc3)s2)cc1. The van der Waals surface area contributed by atoms with Gasteiger partial charge in [-0.3, -0.25) is 10.2 Å². The van der Waals surface area contributed by atoms with Crippen LogP contribution in [0.25, 0.3) is 10.6 Å². The van der Waals surface area contributed by atoms with Gasteiger partial charge in [0.2, 0.25) is 10.7 Å². The van der Waals surface area contributed by atoms with E-state index in [1.165, 1.54) is 11.3 Å². The molecule has 2 aromatic carbocycles. The normalized spacial score (nSPS) is 9.68. The summed E-state index contributed by atoms with van der Waals surface area (Å²) in [6.07, 6.45) is 0. The van der Waals surface area contributed by atoms with Crippen molar-refractivity contribution in [3.8, 4) is 22.7 Å². The van der Waals surface area contributed by atoms with E-state index < -0.39 is 0 Å². The smallest absolute Gasteiger partial charge is 0.286 e. The Bertz CT molecular complexity index is 1090. The lowest BCUT2D eigenvalue weighted by Gasteiger charge is -2.02. The second-order valence-electron chi connectivity index (χ2n) is 5.61. The molecule has 136 valence electrons. The highest BCUT2D eigenvalue weighted by Gasteiger charge is 2.14. The number of benzene rings is 2. The maximum Gasteiger partial charge on any atom is 0.286 e. The van der Waals surface area contributed by atoms with E-state index in [9.17, 15) is 4.79 Å². The summed E-state index contributed by atoms with van der Waals surface area (Å²) in [7, 11) is 0. The van der Waals surface area contributed by atoms with Gasteiger partial charge in [-0.1, -0.05) is 29.0 Å². The van der Waals surface area contributed by atoms with Crippen LogP contribution in [-0.4, -0.2) is 21.8 Å². The van der Waals surface area contributed by atoms with Gasteiger partial charge in [-0.2, -0.15) is 15.6 Å². The van der Waals surface area contributed by atoms with Gasteiger partial charge in [0.25, 0.3) is 5.91 Å². The average Bonchev–Trinajstić information content (AvgIpc) is 3.21. The summed E-state index contributed by atoms with van der Waals surface area (Å²) in [5.41, 5.74) is 5.54. The minimum atomic E-state index is -0.319. The molecule has 0 aliphatic carbocycles. The molecule has 0 atom stereocenters. The zero-order valence-electron chi connectivity index (χ0n) is 14.7.